The van der Waals surface area contributed by atoms with Crippen LogP contribution in [0.4, 0.5) is 5.69 Å². The number of hydrogen-bond donors (Lipinski definition) is 0. The maximum Gasteiger partial charge on any atom is 0.258 e. The Morgan fingerprint density at radius 3 is 2.59 bits per heavy atom. The highest BCUT2D eigenvalue weighted by molar-refractivity contribution is 6.11. The Morgan fingerprint density at radius 2 is 1.85 bits per heavy atom. The second kappa shape index (κ2) is 6.68. The number of fused-ring (bicyclic) bond motifs is 1. The van der Waals surface area contributed by atoms with Crippen molar-refractivity contribution >= 4 is 23.3 Å². The molecule has 0 radical (unpaired) electrons. The Kier molecular flexibility index (Phi) is 4.34. The number of furan rings is 1. The van der Waals surface area contributed by atoms with Gasteiger partial charge in [-0.2, -0.15) is 0 Å². The van der Waals surface area contributed by atoms with E-state index in [1.54, 1.807) is 23.6 Å². The second-order valence-corrected chi connectivity index (χ2v) is 7.11. The smallest absolute Gasteiger partial charge is 0.258 e. The van der Waals surface area contributed by atoms with Crippen molar-refractivity contribution in [1.29, 1.82) is 0 Å². The summed E-state index contributed by atoms with van der Waals surface area (Å²) in [4.78, 5) is 41.8. The fourth-order valence-electron chi connectivity index (χ4n) is 4.02. The third kappa shape index (κ3) is 2.85. The standard InChI is InChI=1S/C21H22N2O4/c1-13-20(25)23(15-7-4-3-5-8-15)12-11-22(13)21(26)18-14(2)27-17-10-6-9-16(24)19(17)18/h3-5,7-8,13H,6,9-12H2,1-2H3/t13-/m0/s1. The van der Waals surface area contributed by atoms with E-state index in [-0.39, 0.29) is 17.6 Å². The minimum absolute atomic E-state index is 0.0432. The molecule has 27 heavy (non-hydrogen) atoms. The molecule has 0 unspecified atom stereocenters. The van der Waals surface area contributed by atoms with Crippen molar-refractivity contribution in [3.05, 3.63) is 53.0 Å². The van der Waals surface area contributed by atoms with Gasteiger partial charge >= 0.3 is 0 Å². The van der Waals surface area contributed by atoms with Crippen LogP contribution in [0.15, 0.2) is 34.7 Å². The zero-order valence-corrected chi connectivity index (χ0v) is 15.5. The van der Waals surface area contributed by atoms with Crippen LogP contribution in [-0.4, -0.2) is 41.6 Å². The van der Waals surface area contributed by atoms with Crippen molar-refractivity contribution < 1.29 is 18.8 Å². The SMILES string of the molecule is Cc1oc2c(c1C(=O)N1CCN(c3ccccc3)C(=O)[C@@H]1C)C(=O)CCC2. The molecule has 6 nitrogen and oxygen atoms in total. The van der Waals surface area contributed by atoms with Crippen LogP contribution < -0.4 is 4.90 Å². The van der Waals surface area contributed by atoms with Gasteiger partial charge in [0, 0.05) is 31.6 Å². The molecule has 0 saturated carbocycles. The molecule has 2 amide bonds. The average Bonchev–Trinajstić information content (AvgIpc) is 3.01. The maximum absolute atomic E-state index is 13.2. The highest BCUT2D eigenvalue weighted by Crippen LogP contribution is 2.31. The van der Waals surface area contributed by atoms with Gasteiger partial charge in [0.1, 0.15) is 17.6 Å². The van der Waals surface area contributed by atoms with Gasteiger partial charge in [0.15, 0.2) is 5.78 Å². The van der Waals surface area contributed by atoms with E-state index in [4.69, 9.17) is 4.42 Å². The van der Waals surface area contributed by atoms with Crippen LogP contribution in [-0.2, 0) is 11.2 Å². The second-order valence-electron chi connectivity index (χ2n) is 7.11. The van der Waals surface area contributed by atoms with Crippen molar-refractivity contribution in [1.82, 2.24) is 4.90 Å². The normalized spacial score (nSPS) is 20.0. The van der Waals surface area contributed by atoms with Gasteiger partial charge in [-0.05, 0) is 32.4 Å². The quantitative estimate of drug-likeness (QED) is 0.819. The lowest BCUT2D eigenvalue weighted by molar-refractivity contribution is -0.124. The number of hydrogen-bond acceptors (Lipinski definition) is 4. The van der Waals surface area contributed by atoms with Crippen LogP contribution >= 0.6 is 0 Å². The highest BCUT2D eigenvalue weighted by atomic mass is 16.3. The molecule has 1 aromatic carbocycles. The van der Waals surface area contributed by atoms with Gasteiger partial charge in [0.05, 0.1) is 11.1 Å². The van der Waals surface area contributed by atoms with Gasteiger partial charge in [-0.1, -0.05) is 18.2 Å². The molecular formula is C21H22N2O4. The van der Waals surface area contributed by atoms with Crippen molar-refractivity contribution in [3.63, 3.8) is 0 Å². The zero-order valence-electron chi connectivity index (χ0n) is 15.5. The molecule has 1 aromatic heterocycles. The number of nitrogens with zero attached hydrogens (tertiary/aromatic N) is 2. The maximum atomic E-state index is 13.2. The number of benzene rings is 1. The Bertz CT molecular complexity index is 916. The van der Waals surface area contributed by atoms with Crippen molar-refractivity contribution in [2.24, 2.45) is 0 Å². The summed E-state index contributed by atoms with van der Waals surface area (Å²) in [7, 11) is 0. The molecule has 2 aromatic rings. The number of rotatable bonds is 2. The van der Waals surface area contributed by atoms with Crippen LogP contribution in [0.1, 0.15) is 52.0 Å². The first-order valence-electron chi connectivity index (χ1n) is 9.32. The topological polar surface area (TPSA) is 70.8 Å². The summed E-state index contributed by atoms with van der Waals surface area (Å²) in [5.74, 6) is 0.612. The fourth-order valence-corrected chi connectivity index (χ4v) is 4.02. The molecule has 6 heteroatoms. The van der Waals surface area contributed by atoms with E-state index in [9.17, 15) is 14.4 Å². The molecule has 1 aliphatic carbocycles. The van der Waals surface area contributed by atoms with Crippen molar-refractivity contribution in [2.45, 2.75) is 39.2 Å². The number of ketones is 1. The Labute approximate surface area is 157 Å². The van der Waals surface area contributed by atoms with E-state index < -0.39 is 6.04 Å². The lowest BCUT2D eigenvalue weighted by Gasteiger charge is -2.39. The Morgan fingerprint density at radius 1 is 1.11 bits per heavy atom. The summed E-state index contributed by atoms with van der Waals surface area (Å²) < 4.78 is 5.71. The number of amides is 2. The van der Waals surface area contributed by atoms with Crippen LogP contribution in [0.2, 0.25) is 0 Å². The molecule has 1 saturated heterocycles. The fraction of sp³-hybridized carbons (Fsp3) is 0.381. The molecule has 140 valence electrons. The summed E-state index contributed by atoms with van der Waals surface area (Å²) in [5.41, 5.74) is 1.59. The van der Waals surface area contributed by atoms with E-state index >= 15 is 0 Å². The van der Waals surface area contributed by atoms with Gasteiger partial charge in [-0.25, -0.2) is 0 Å². The Balaban J connectivity index is 1.62. The largest absolute Gasteiger partial charge is 0.465 e. The van der Waals surface area contributed by atoms with Crippen LogP contribution in [0, 0.1) is 6.92 Å². The number of piperazine rings is 1. The monoisotopic (exact) mass is 366 g/mol. The third-order valence-corrected chi connectivity index (χ3v) is 5.44. The molecule has 1 atom stereocenters. The highest BCUT2D eigenvalue weighted by Gasteiger charge is 2.39. The van der Waals surface area contributed by atoms with Crippen LogP contribution in [0.5, 0.6) is 0 Å². The molecule has 1 fully saturated rings. The molecule has 0 spiro atoms. The summed E-state index contributed by atoms with van der Waals surface area (Å²) in [6, 6.07) is 8.85. The van der Waals surface area contributed by atoms with Crippen molar-refractivity contribution in [2.75, 3.05) is 18.0 Å². The lowest BCUT2D eigenvalue weighted by Crippen LogP contribution is -2.58. The summed E-state index contributed by atoms with van der Waals surface area (Å²) >= 11 is 0. The predicted octanol–water partition coefficient (Wildman–Crippen LogP) is 2.98. The minimum atomic E-state index is -0.602. The molecule has 2 aliphatic rings. The van der Waals surface area contributed by atoms with Gasteiger partial charge in [0.25, 0.3) is 5.91 Å². The summed E-state index contributed by atoms with van der Waals surface area (Å²) in [5, 5.41) is 0. The van der Waals surface area contributed by atoms with Crippen molar-refractivity contribution in [3.8, 4) is 0 Å². The van der Waals surface area contributed by atoms with E-state index in [0.717, 1.165) is 12.1 Å². The molecule has 0 bridgehead atoms. The number of para-hydroxylation sites is 1. The first kappa shape index (κ1) is 17.5. The molecule has 2 heterocycles. The van der Waals surface area contributed by atoms with E-state index in [2.05, 4.69) is 0 Å². The molecule has 4 rings (SSSR count). The number of carbonyl (C=O) groups is 3. The Hall–Kier alpha value is -2.89. The van der Waals surface area contributed by atoms with Gasteiger partial charge in [0.2, 0.25) is 5.91 Å². The average molecular weight is 366 g/mol. The minimum Gasteiger partial charge on any atom is -0.465 e. The van der Waals surface area contributed by atoms with E-state index in [0.29, 0.717) is 48.6 Å². The number of anilines is 1. The molecule has 1 aliphatic heterocycles. The number of carbonyl (C=O) groups excluding carboxylic acids is 3. The summed E-state index contributed by atoms with van der Waals surface area (Å²) in [6.07, 6.45) is 1.85. The first-order chi connectivity index (χ1) is 13.0. The van der Waals surface area contributed by atoms with Crippen LogP contribution in [0.3, 0.4) is 0 Å². The molecule has 0 N–H and O–H groups in total. The first-order valence-corrected chi connectivity index (χ1v) is 9.32. The predicted molar refractivity (Wildman–Crippen MR) is 100 cm³/mol. The lowest BCUT2D eigenvalue weighted by atomic mass is 9.92. The number of aryl methyl sites for hydroxylation is 2. The van der Waals surface area contributed by atoms with Gasteiger partial charge in [-0.3, -0.25) is 14.4 Å². The zero-order chi connectivity index (χ0) is 19.1. The number of Topliss-reactive ketones (excluding diaryl/α,β-unsaturated/α-hetero) is 1. The third-order valence-electron chi connectivity index (χ3n) is 5.44. The van der Waals surface area contributed by atoms with Gasteiger partial charge in [-0.15, -0.1) is 0 Å². The van der Waals surface area contributed by atoms with Gasteiger partial charge < -0.3 is 14.2 Å². The van der Waals surface area contributed by atoms with E-state index in [1.807, 2.05) is 30.3 Å². The molecular weight excluding hydrogens is 344 g/mol. The summed E-state index contributed by atoms with van der Waals surface area (Å²) in [6.45, 7) is 4.28. The van der Waals surface area contributed by atoms with E-state index in [1.165, 1.54) is 0 Å². The van der Waals surface area contributed by atoms with Crippen LogP contribution in [0.25, 0.3) is 0 Å².